The minimum Gasteiger partial charge on any atom is -0.454 e. The van der Waals surface area contributed by atoms with Crippen molar-refractivity contribution >= 4 is 28.3 Å². The zero-order valence-corrected chi connectivity index (χ0v) is 13.6. The van der Waals surface area contributed by atoms with Gasteiger partial charge >= 0.3 is 0 Å². The number of carbonyl (C=O) groups excluding carboxylic acids is 2. The predicted octanol–water partition coefficient (Wildman–Crippen LogP) is 1.29. The molecule has 2 amide bonds. The summed E-state index contributed by atoms with van der Waals surface area (Å²) in [4.78, 5) is 26.2. The molecule has 0 bridgehead atoms. The van der Waals surface area contributed by atoms with Gasteiger partial charge in [0.15, 0.2) is 11.5 Å². The standard InChI is InChI=1S/C15H14N4O4S/c1-8-17-18-15(24-8)16-13(20)10-5-19(6-10)14(21)9-2-3-11-12(4-9)23-7-22-11/h2-4,10H,5-7H2,1H3,(H,16,18,20). The fraction of sp³-hybridized carbons (Fsp3) is 0.333. The number of rotatable bonds is 3. The van der Waals surface area contributed by atoms with Crippen molar-refractivity contribution in [2.75, 3.05) is 25.2 Å². The number of aromatic nitrogens is 2. The van der Waals surface area contributed by atoms with Crippen LogP contribution in [0.25, 0.3) is 0 Å². The Morgan fingerprint density at radius 2 is 2.04 bits per heavy atom. The summed E-state index contributed by atoms with van der Waals surface area (Å²) in [6, 6.07) is 5.09. The Kier molecular flexibility index (Phi) is 3.57. The van der Waals surface area contributed by atoms with Gasteiger partial charge in [-0.3, -0.25) is 9.59 Å². The number of aryl methyl sites for hydroxylation is 1. The summed E-state index contributed by atoms with van der Waals surface area (Å²) in [6.45, 7) is 2.76. The second-order valence-electron chi connectivity index (χ2n) is 5.59. The summed E-state index contributed by atoms with van der Waals surface area (Å²) in [6.07, 6.45) is 0. The Morgan fingerprint density at radius 3 is 2.79 bits per heavy atom. The average molecular weight is 346 g/mol. The van der Waals surface area contributed by atoms with E-state index in [4.69, 9.17) is 9.47 Å². The summed E-state index contributed by atoms with van der Waals surface area (Å²) >= 11 is 1.32. The maximum absolute atomic E-state index is 12.4. The van der Waals surface area contributed by atoms with Gasteiger partial charge in [0, 0.05) is 18.7 Å². The van der Waals surface area contributed by atoms with Crippen LogP contribution < -0.4 is 14.8 Å². The van der Waals surface area contributed by atoms with Gasteiger partial charge in [-0.15, -0.1) is 10.2 Å². The van der Waals surface area contributed by atoms with Crippen LogP contribution in [0.2, 0.25) is 0 Å². The van der Waals surface area contributed by atoms with Crippen LogP contribution in [0.5, 0.6) is 11.5 Å². The minimum absolute atomic E-state index is 0.121. The molecule has 2 aliphatic rings. The van der Waals surface area contributed by atoms with E-state index in [2.05, 4.69) is 15.5 Å². The number of carbonyl (C=O) groups is 2. The molecule has 2 aromatic rings. The second kappa shape index (κ2) is 5.75. The van der Waals surface area contributed by atoms with Gasteiger partial charge in [0.05, 0.1) is 5.92 Å². The molecule has 8 nitrogen and oxygen atoms in total. The highest BCUT2D eigenvalue weighted by atomic mass is 32.1. The van der Waals surface area contributed by atoms with E-state index >= 15 is 0 Å². The number of nitrogens with zero attached hydrogens (tertiary/aromatic N) is 3. The Bertz CT molecular complexity index is 816. The van der Waals surface area contributed by atoms with Gasteiger partial charge in [-0.2, -0.15) is 0 Å². The van der Waals surface area contributed by atoms with Crippen LogP contribution in [0.1, 0.15) is 15.4 Å². The molecule has 9 heteroatoms. The summed E-state index contributed by atoms with van der Waals surface area (Å²) in [5.41, 5.74) is 0.526. The summed E-state index contributed by atoms with van der Waals surface area (Å²) in [7, 11) is 0. The molecule has 0 unspecified atom stereocenters. The normalized spacial score (nSPS) is 16.0. The first-order chi connectivity index (χ1) is 11.6. The molecule has 1 aromatic carbocycles. The number of likely N-dealkylation sites (tertiary alicyclic amines) is 1. The molecule has 0 saturated carbocycles. The zero-order valence-electron chi connectivity index (χ0n) is 12.8. The fourth-order valence-corrected chi connectivity index (χ4v) is 3.17. The zero-order chi connectivity index (χ0) is 16.7. The molecule has 24 heavy (non-hydrogen) atoms. The Balaban J connectivity index is 1.35. The van der Waals surface area contributed by atoms with Crippen molar-refractivity contribution < 1.29 is 19.1 Å². The third-order valence-electron chi connectivity index (χ3n) is 3.92. The number of nitrogens with one attached hydrogen (secondary N) is 1. The minimum atomic E-state index is -0.229. The number of fused-ring (bicyclic) bond motifs is 1. The van der Waals surface area contributed by atoms with Crippen molar-refractivity contribution in [3.8, 4) is 11.5 Å². The first-order valence-corrected chi connectivity index (χ1v) is 8.22. The Hall–Kier alpha value is -2.68. The summed E-state index contributed by atoms with van der Waals surface area (Å²) in [5.74, 6) is 0.722. The molecule has 0 aliphatic carbocycles. The van der Waals surface area contributed by atoms with Gasteiger partial charge in [0.1, 0.15) is 5.01 Å². The summed E-state index contributed by atoms with van der Waals surface area (Å²) < 4.78 is 10.5. The molecule has 1 aromatic heterocycles. The van der Waals surface area contributed by atoms with Crippen molar-refractivity contribution in [3.05, 3.63) is 28.8 Å². The van der Waals surface area contributed by atoms with E-state index in [9.17, 15) is 9.59 Å². The first kappa shape index (κ1) is 14.9. The van der Waals surface area contributed by atoms with Crippen molar-refractivity contribution in [3.63, 3.8) is 0 Å². The predicted molar refractivity (Wildman–Crippen MR) is 85.2 cm³/mol. The Morgan fingerprint density at radius 1 is 1.25 bits per heavy atom. The molecular weight excluding hydrogens is 332 g/mol. The molecule has 1 fully saturated rings. The van der Waals surface area contributed by atoms with Crippen LogP contribution in [0.4, 0.5) is 5.13 Å². The molecule has 0 spiro atoms. The monoisotopic (exact) mass is 346 g/mol. The average Bonchev–Trinajstić information content (AvgIpc) is 3.13. The van der Waals surface area contributed by atoms with Gasteiger partial charge in [0.25, 0.3) is 5.91 Å². The third kappa shape index (κ3) is 2.67. The molecular formula is C15H14N4O4S. The molecule has 0 radical (unpaired) electrons. The van der Waals surface area contributed by atoms with Crippen LogP contribution in [0.15, 0.2) is 18.2 Å². The lowest BCUT2D eigenvalue weighted by atomic mass is 9.98. The number of ether oxygens (including phenoxy) is 2. The number of hydrogen-bond acceptors (Lipinski definition) is 7. The van der Waals surface area contributed by atoms with E-state index in [0.29, 0.717) is 35.3 Å². The number of hydrogen-bond donors (Lipinski definition) is 1. The van der Waals surface area contributed by atoms with Crippen LogP contribution in [0.3, 0.4) is 0 Å². The van der Waals surface area contributed by atoms with E-state index in [1.807, 2.05) is 6.92 Å². The van der Waals surface area contributed by atoms with E-state index < -0.39 is 0 Å². The van der Waals surface area contributed by atoms with Gasteiger partial charge in [-0.1, -0.05) is 11.3 Å². The number of anilines is 1. The summed E-state index contributed by atoms with van der Waals surface area (Å²) in [5, 5.41) is 11.7. The number of benzene rings is 1. The third-order valence-corrected chi connectivity index (χ3v) is 4.67. The van der Waals surface area contributed by atoms with E-state index in [1.54, 1.807) is 23.1 Å². The lowest BCUT2D eigenvalue weighted by molar-refractivity contribution is -0.123. The second-order valence-corrected chi connectivity index (χ2v) is 6.77. The molecule has 2 aliphatic heterocycles. The molecule has 124 valence electrons. The van der Waals surface area contributed by atoms with E-state index in [-0.39, 0.29) is 24.5 Å². The van der Waals surface area contributed by atoms with Crippen LogP contribution in [-0.2, 0) is 4.79 Å². The van der Waals surface area contributed by atoms with Crippen LogP contribution in [-0.4, -0.2) is 46.8 Å². The lowest BCUT2D eigenvalue weighted by Gasteiger charge is -2.38. The smallest absolute Gasteiger partial charge is 0.254 e. The maximum atomic E-state index is 12.4. The van der Waals surface area contributed by atoms with Crippen molar-refractivity contribution in [1.29, 1.82) is 0 Å². The molecule has 1 N–H and O–H groups in total. The van der Waals surface area contributed by atoms with Gasteiger partial charge < -0.3 is 19.7 Å². The largest absolute Gasteiger partial charge is 0.454 e. The molecule has 3 heterocycles. The Labute approximate surface area is 141 Å². The van der Waals surface area contributed by atoms with Gasteiger partial charge in [-0.05, 0) is 25.1 Å². The van der Waals surface area contributed by atoms with Crippen molar-refractivity contribution in [2.45, 2.75) is 6.92 Å². The maximum Gasteiger partial charge on any atom is 0.254 e. The fourth-order valence-electron chi connectivity index (χ4n) is 2.58. The van der Waals surface area contributed by atoms with Crippen LogP contribution in [0, 0.1) is 12.8 Å². The quantitative estimate of drug-likeness (QED) is 0.900. The first-order valence-electron chi connectivity index (χ1n) is 7.40. The highest BCUT2D eigenvalue weighted by Crippen LogP contribution is 2.33. The van der Waals surface area contributed by atoms with Crippen molar-refractivity contribution in [2.24, 2.45) is 5.92 Å². The number of amides is 2. The highest BCUT2D eigenvalue weighted by molar-refractivity contribution is 7.15. The highest BCUT2D eigenvalue weighted by Gasteiger charge is 2.36. The van der Waals surface area contributed by atoms with E-state index in [1.165, 1.54) is 11.3 Å². The van der Waals surface area contributed by atoms with Gasteiger partial charge in [-0.25, -0.2) is 0 Å². The molecule has 4 rings (SSSR count). The van der Waals surface area contributed by atoms with E-state index in [0.717, 1.165) is 5.01 Å². The molecule has 0 atom stereocenters. The lowest BCUT2D eigenvalue weighted by Crippen LogP contribution is -2.54. The van der Waals surface area contributed by atoms with Crippen LogP contribution >= 0.6 is 11.3 Å². The molecule has 1 saturated heterocycles. The van der Waals surface area contributed by atoms with Crippen molar-refractivity contribution in [1.82, 2.24) is 15.1 Å². The SMILES string of the molecule is Cc1nnc(NC(=O)C2CN(C(=O)c3ccc4c(c3)OCO4)C2)s1. The van der Waals surface area contributed by atoms with Gasteiger partial charge in [0.2, 0.25) is 17.8 Å². The topological polar surface area (TPSA) is 93.7 Å².